The second-order valence-corrected chi connectivity index (χ2v) is 8.67. The van der Waals surface area contributed by atoms with Crippen molar-refractivity contribution in [2.24, 2.45) is 15.4 Å². The molecule has 0 aliphatic carbocycles. The first-order valence-corrected chi connectivity index (χ1v) is 9.90. The fraction of sp³-hybridized carbons (Fsp3) is 0.467. The first-order valence-electron chi connectivity index (χ1n) is 7.87. The summed E-state index contributed by atoms with van der Waals surface area (Å²) in [5.74, 6) is 0. The average molecular weight is 626 g/mol. The summed E-state index contributed by atoms with van der Waals surface area (Å²) in [7, 11) is -10.7. The number of hydrogen-bond donors (Lipinski definition) is 0. The molecule has 0 N–H and O–H groups in total. The third-order valence-electron chi connectivity index (χ3n) is 3.10. The summed E-state index contributed by atoms with van der Waals surface area (Å²) < 4.78 is 59.2. The molecule has 0 fully saturated rings. The van der Waals surface area contributed by atoms with Gasteiger partial charge in [-0.2, -0.15) is 0 Å². The molecular weight excluding hydrogens is 606 g/mol. The molecule has 0 amide bonds. The summed E-state index contributed by atoms with van der Waals surface area (Å²) >= 11 is 0. The Morgan fingerprint density at radius 1 is 0.862 bits per heavy atom. The molecule has 2 heterocycles. The van der Waals surface area contributed by atoms with E-state index in [0.29, 0.717) is 13.1 Å². The van der Waals surface area contributed by atoms with E-state index in [9.17, 15) is 25.2 Å². The van der Waals surface area contributed by atoms with E-state index < -0.39 is 7.81 Å². The minimum Gasteiger partial charge on any atom is 3.00 e. The molecule has 0 radical (unpaired) electrons. The Morgan fingerprint density at radius 2 is 1.17 bits per heavy atom. The molecule has 0 bridgehead atoms. The molecule has 2 aromatic heterocycles. The summed E-state index contributed by atoms with van der Waals surface area (Å²) in [5.41, 5.74) is 3.45. The van der Waals surface area contributed by atoms with E-state index in [2.05, 4.69) is 43.8 Å². The maximum atomic E-state index is 9.87. The normalized spacial score (nSPS) is 14.8. The van der Waals surface area contributed by atoms with Gasteiger partial charge < -0.3 is 19.9 Å². The van der Waals surface area contributed by atoms with Crippen LogP contribution in [-0.2, 0) is 22.4 Å². The van der Waals surface area contributed by atoms with Crippen LogP contribution in [-0.4, -0.2) is 35.5 Å². The fourth-order valence-corrected chi connectivity index (χ4v) is 1.74. The molecule has 0 saturated carbocycles. The maximum Gasteiger partial charge on any atom is 3.00 e. The number of aryl methyl sites for hydroxylation is 2. The largest absolute Gasteiger partial charge is 3.00 e. The van der Waals surface area contributed by atoms with Crippen molar-refractivity contribution in [3.63, 3.8) is 0 Å². The molecule has 0 atom stereocenters. The standard InChI is InChI=1S/C15H20N6.Au.F6P/c1-11-13(20-9-18-11)5-16-7-15(3,4)8-17-6-14-12(2)19-10-21-14;;1-7(2,3,4,5)6/h5-6,9-10H,7-8H2,1-4H3;;/q-2;+3;-1. The first-order chi connectivity index (χ1) is 12.4. The van der Waals surface area contributed by atoms with E-state index in [1.165, 1.54) is 0 Å². The monoisotopic (exact) mass is 626 g/mol. The molecule has 6 nitrogen and oxygen atoms in total. The number of nitrogens with zero attached hydrogens (tertiary/aromatic N) is 6. The maximum absolute atomic E-state index is 10.7. The quantitative estimate of drug-likeness (QED) is 0.197. The molecule has 168 valence electrons. The van der Waals surface area contributed by atoms with Crippen LogP contribution in [0.15, 0.2) is 22.6 Å². The van der Waals surface area contributed by atoms with Gasteiger partial charge in [-0.3, -0.25) is 9.98 Å². The number of aliphatic imine (C=N–C) groups is 2. The van der Waals surface area contributed by atoms with Crippen molar-refractivity contribution in [2.75, 3.05) is 13.1 Å². The molecule has 0 aromatic carbocycles. The van der Waals surface area contributed by atoms with Gasteiger partial charge in [0.1, 0.15) is 0 Å². The Bertz CT molecular complexity index is 775. The molecule has 29 heavy (non-hydrogen) atoms. The van der Waals surface area contributed by atoms with Crippen molar-refractivity contribution in [1.82, 2.24) is 19.9 Å². The second kappa shape index (κ2) is 9.11. The van der Waals surface area contributed by atoms with E-state index in [0.717, 1.165) is 22.8 Å². The van der Waals surface area contributed by atoms with Crippen LogP contribution in [0.4, 0.5) is 25.2 Å². The molecule has 0 unspecified atom stereocenters. The van der Waals surface area contributed by atoms with Crippen molar-refractivity contribution in [2.45, 2.75) is 27.7 Å². The van der Waals surface area contributed by atoms with Crippen LogP contribution in [0.2, 0.25) is 0 Å². The second-order valence-electron chi connectivity index (χ2n) is 6.75. The zero-order chi connectivity index (χ0) is 21.7. The number of aromatic nitrogens is 4. The van der Waals surface area contributed by atoms with Crippen molar-refractivity contribution in [3.8, 4) is 0 Å². The van der Waals surface area contributed by atoms with Gasteiger partial charge in [0, 0.05) is 30.9 Å². The fourth-order valence-electron chi connectivity index (χ4n) is 1.74. The molecule has 0 aliphatic heterocycles. The van der Waals surface area contributed by atoms with Crippen molar-refractivity contribution in [1.29, 1.82) is 0 Å². The number of hydrogen-bond acceptors (Lipinski definition) is 4. The third-order valence-corrected chi connectivity index (χ3v) is 3.10. The van der Waals surface area contributed by atoms with Crippen molar-refractivity contribution < 1.29 is 47.6 Å². The summed E-state index contributed by atoms with van der Waals surface area (Å²) in [4.78, 5) is 25.3. The number of halogens is 6. The van der Waals surface area contributed by atoms with Crippen molar-refractivity contribution in [3.05, 3.63) is 35.4 Å². The van der Waals surface area contributed by atoms with Crippen LogP contribution >= 0.6 is 7.81 Å². The summed E-state index contributed by atoms with van der Waals surface area (Å²) in [6.07, 6.45) is 6.66. The zero-order valence-electron chi connectivity index (χ0n) is 15.9. The van der Waals surface area contributed by atoms with Crippen LogP contribution in [0, 0.1) is 19.3 Å². The van der Waals surface area contributed by atoms with Gasteiger partial charge in [-0.1, -0.05) is 37.9 Å². The van der Waals surface area contributed by atoms with Gasteiger partial charge in [-0.15, -0.1) is 0 Å². The van der Waals surface area contributed by atoms with Crippen molar-refractivity contribution >= 4 is 20.2 Å². The Morgan fingerprint density at radius 3 is 1.41 bits per heavy atom. The van der Waals surface area contributed by atoms with Crippen LogP contribution in [0.1, 0.15) is 36.6 Å². The summed E-state index contributed by atoms with van der Waals surface area (Å²) in [6, 6.07) is 0. The SMILES string of the molecule is Cc1nc[n-]c1C=NCC(C)(C)CN=Cc1[n-]cnc1C.F[P-](F)(F)(F)(F)F.[Au+3]. The van der Waals surface area contributed by atoms with Crippen LogP contribution < -0.4 is 9.97 Å². The smallest absolute Gasteiger partial charge is 3.00 e. The Hall–Kier alpha value is -1.49. The minimum absolute atomic E-state index is 0. The summed E-state index contributed by atoms with van der Waals surface area (Å²) in [5, 5.41) is 0. The van der Waals surface area contributed by atoms with E-state index >= 15 is 0 Å². The zero-order valence-corrected chi connectivity index (χ0v) is 19.0. The van der Waals surface area contributed by atoms with E-state index in [1.807, 2.05) is 13.8 Å². The first kappa shape index (κ1) is 27.5. The van der Waals surface area contributed by atoms with Gasteiger partial charge in [-0.25, -0.2) is 0 Å². The van der Waals surface area contributed by atoms with E-state index in [1.54, 1.807) is 25.1 Å². The van der Waals surface area contributed by atoms with Gasteiger partial charge in [0.15, 0.2) is 0 Å². The van der Waals surface area contributed by atoms with E-state index in [4.69, 9.17) is 0 Å². The molecule has 2 rings (SSSR count). The Labute approximate surface area is 179 Å². The number of imidazole rings is 2. The van der Waals surface area contributed by atoms with Crippen LogP contribution in [0.5, 0.6) is 0 Å². The molecule has 2 aromatic rings. The van der Waals surface area contributed by atoms with Crippen LogP contribution in [0.25, 0.3) is 0 Å². The van der Waals surface area contributed by atoms with Crippen LogP contribution in [0.3, 0.4) is 0 Å². The predicted octanol–water partition coefficient (Wildman–Crippen LogP) is 4.95. The van der Waals surface area contributed by atoms with Gasteiger partial charge in [-0.05, 0) is 25.2 Å². The molecule has 0 aliphatic rings. The topological polar surface area (TPSA) is 78.7 Å². The third kappa shape index (κ3) is 15.1. The summed E-state index contributed by atoms with van der Waals surface area (Å²) in [6.45, 7) is 9.48. The van der Waals surface area contributed by atoms with Gasteiger partial charge >= 0.3 is 55.4 Å². The molecule has 14 heteroatoms. The number of rotatable bonds is 6. The molecular formula is C15H20AuF6N6P. The van der Waals surface area contributed by atoms with Gasteiger partial charge in [0.2, 0.25) is 0 Å². The van der Waals surface area contributed by atoms with Gasteiger partial charge in [0.05, 0.1) is 0 Å². The Balaban J connectivity index is 0.000000846. The minimum atomic E-state index is -10.7. The molecule has 0 saturated heterocycles. The molecule has 0 spiro atoms. The predicted molar refractivity (Wildman–Crippen MR) is 96.9 cm³/mol. The van der Waals surface area contributed by atoms with Gasteiger partial charge in [0.25, 0.3) is 0 Å². The van der Waals surface area contributed by atoms with E-state index in [-0.39, 0.29) is 27.8 Å². The Kier molecular flexibility index (Phi) is 8.64. The average Bonchev–Trinajstić information content (AvgIpc) is 3.05.